The van der Waals surface area contributed by atoms with Crippen LogP contribution < -0.4 is 10.6 Å². The largest absolute Gasteiger partial charge is 0.465 e. The Bertz CT molecular complexity index is 1520. The number of furan rings is 1. The highest BCUT2D eigenvalue weighted by molar-refractivity contribution is 7.14. The number of amides is 2. The number of aromatic nitrogens is 5. The van der Waals surface area contributed by atoms with E-state index >= 15 is 0 Å². The normalized spacial score (nSPS) is 11.3. The monoisotopic (exact) mass is 497 g/mol. The maximum atomic E-state index is 13.4. The van der Waals surface area contributed by atoms with Crippen LogP contribution in [0.5, 0.6) is 0 Å². The number of benzene rings is 2. The summed E-state index contributed by atoms with van der Waals surface area (Å²) in [7, 11) is 0. The molecule has 0 fully saturated rings. The van der Waals surface area contributed by atoms with Crippen molar-refractivity contribution in [3.8, 4) is 22.6 Å². The molecule has 2 aromatic carbocycles. The van der Waals surface area contributed by atoms with Crippen LogP contribution in [0.2, 0.25) is 0 Å². The molecule has 0 aliphatic rings. The SMILES string of the molecule is CC(=O)Nc1ccc(-c2csc(NC(=O)/C(=C/c3ccco3)n3nnnc3-c3ccccc3)n2)cc1. The summed E-state index contributed by atoms with van der Waals surface area (Å²) in [4.78, 5) is 29.2. The first-order valence-electron chi connectivity index (χ1n) is 10.8. The maximum Gasteiger partial charge on any atom is 0.276 e. The molecule has 0 saturated carbocycles. The Hall–Kier alpha value is -4.90. The topological polar surface area (TPSA) is 128 Å². The highest BCUT2D eigenvalue weighted by atomic mass is 32.1. The van der Waals surface area contributed by atoms with E-state index in [1.807, 2.05) is 47.8 Å². The molecule has 0 unspecified atom stereocenters. The van der Waals surface area contributed by atoms with Crippen LogP contribution in [0.25, 0.3) is 34.4 Å². The molecule has 0 spiro atoms. The zero-order valence-electron chi connectivity index (χ0n) is 19.0. The quantitative estimate of drug-likeness (QED) is 0.313. The number of nitrogens with zero attached hydrogens (tertiary/aromatic N) is 5. The molecule has 3 heterocycles. The molecule has 3 aromatic heterocycles. The average Bonchev–Trinajstić information content (AvgIpc) is 3.65. The molecule has 11 heteroatoms. The first kappa shape index (κ1) is 22.9. The van der Waals surface area contributed by atoms with Crippen molar-refractivity contribution in [1.82, 2.24) is 25.2 Å². The fraction of sp³-hybridized carbons (Fsp3) is 0.0400. The first-order valence-corrected chi connectivity index (χ1v) is 11.7. The number of anilines is 2. The van der Waals surface area contributed by atoms with Crippen LogP contribution >= 0.6 is 11.3 Å². The van der Waals surface area contributed by atoms with Crippen molar-refractivity contribution in [2.75, 3.05) is 10.6 Å². The smallest absolute Gasteiger partial charge is 0.276 e. The molecule has 178 valence electrons. The van der Waals surface area contributed by atoms with E-state index < -0.39 is 5.91 Å². The second kappa shape index (κ2) is 10.2. The summed E-state index contributed by atoms with van der Waals surface area (Å²) in [6.45, 7) is 1.45. The molecular weight excluding hydrogens is 478 g/mol. The van der Waals surface area contributed by atoms with Crippen LogP contribution in [0.4, 0.5) is 10.8 Å². The third kappa shape index (κ3) is 5.10. The number of carbonyl (C=O) groups is 2. The van der Waals surface area contributed by atoms with E-state index in [-0.39, 0.29) is 11.6 Å². The van der Waals surface area contributed by atoms with Gasteiger partial charge < -0.3 is 9.73 Å². The summed E-state index contributed by atoms with van der Waals surface area (Å²) < 4.78 is 6.79. The lowest BCUT2D eigenvalue weighted by atomic mass is 10.1. The van der Waals surface area contributed by atoms with E-state index in [9.17, 15) is 9.59 Å². The van der Waals surface area contributed by atoms with Crippen molar-refractivity contribution >= 4 is 45.7 Å². The summed E-state index contributed by atoms with van der Waals surface area (Å²) in [6, 6.07) is 20.1. The van der Waals surface area contributed by atoms with Gasteiger partial charge in [0.25, 0.3) is 5.91 Å². The molecule has 5 rings (SSSR count). The second-order valence-electron chi connectivity index (χ2n) is 7.58. The summed E-state index contributed by atoms with van der Waals surface area (Å²) in [6.07, 6.45) is 3.08. The fourth-order valence-electron chi connectivity index (χ4n) is 3.40. The van der Waals surface area contributed by atoms with E-state index in [1.54, 1.807) is 30.3 Å². The van der Waals surface area contributed by atoms with Crippen LogP contribution in [0, 0.1) is 0 Å². The Morgan fingerprint density at radius 1 is 0.972 bits per heavy atom. The van der Waals surface area contributed by atoms with Gasteiger partial charge in [0, 0.05) is 35.2 Å². The predicted octanol–water partition coefficient (Wildman–Crippen LogP) is 4.65. The minimum atomic E-state index is -0.460. The summed E-state index contributed by atoms with van der Waals surface area (Å²) >= 11 is 1.29. The number of tetrazole rings is 1. The van der Waals surface area contributed by atoms with Gasteiger partial charge in [-0.1, -0.05) is 42.5 Å². The van der Waals surface area contributed by atoms with Gasteiger partial charge in [0.05, 0.1) is 12.0 Å². The van der Waals surface area contributed by atoms with Gasteiger partial charge in [-0.3, -0.25) is 14.9 Å². The molecule has 0 aliphatic heterocycles. The van der Waals surface area contributed by atoms with E-state index in [0.29, 0.717) is 28.1 Å². The van der Waals surface area contributed by atoms with Crippen molar-refractivity contribution in [3.63, 3.8) is 0 Å². The van der Waals surface area contributed by atoms with E-state index in [1.165, 1.54) is 29.2 Å². The summed E-state index contributed by atoms with van der Waals surface area (Å²) in [5, 5.41) is 19.7. The zero-order chi connectivity index (χ0) is 24.9. The third-order valence-electron chi connectivity index (χ3n) is 5.01. The van der Waals surface area contributed by atoms with Gasteiger partial charge in [-0.25, -0.2) is 4.98 Å². The average molecular weight is 498 g/mol. The Morgan fingerprint density at radius 3 is 2.50 bits per heavy atom. The van der Waals surface area contributed by atoms with Crippen LogP contribution in [-0.4, -0.2) is 37.0 Å². The Morgan fingerprint density at radius 2 is 1.78 bits per heavy atom. The second-order valence-corrected chi connectivity index (χ2v) is 8.43. The molecule has 2 N–H and O–H groups in total. The Kier molecular flexibility index (Phi) is 6.45. The number of hydrogen-bond donors (Lipinski definition) is 2. The molecule has 36 heavy (non-hydrogen) atoms. The highest BCUT2D eigenvalue weighted by Gasteiger charge is 2.21. The van der Waals surface area contributed by atoms with Crippen LogP contribution in [0.1, 0.15) is 12.7 Å². The van der Waals surface area contributed by atoms with Gasteiger partial charge in [-0.15, -0.1) is 16.4 Å². The zero-order valence-corrected chi connectivity index (χ0v) is 19.8. The highest BCUT2D eigenvalue weighted by Crippen LogP contribution is 2.27. The lowest BCUT2D eigenvalue weighted by Gasteiger charge is -2.09. The molecule has 0 aliphatic carbocycles. The molecule has 2 amide bonds. The standard InChI is InChI=1S/C25H19N7O3S/c1-16(33)26-19-11-9-17(10-12-19)21-15-36-25(27-21)28-24(34)22(14-20-8-5-13-35-20)32-23(29-30-31-32)18-6-3-2-4-7-18/h2-15H,1H3,(H,26,33)(H,27,28,34)/b22-14-. The fourth-order valence-corrected chi connectivity index (χ4v) is 4.11. The number of carbonyl (C=O) groups excluding carboxylic acids is 2. The maximum absolute atomic E-state index is 13.4. The van der Waals surface area contributed by atoms with Crippen LogP contribution in [0.3, 0.4) is 0 Å². The first-order chi connectivity index (χ1) is 17.6. The molecule has 0 radical (unpaired) electrons. The molecular formula is C25H19N7O3S. The van der Waals surface area contributed by atoms with Gasteiger partial charge in [0.15, 0.2) is 11.0 Å². The van der Waals surface area contributed by atoms with Crippen molar-refractivity contribution < 1.29 is 14.0 Å². The number of thiazole rings is 1. The third-order valence-corrected chi connectivity index (χ3v) is 5.77. The number of rotatable bonds is 7. The molecule has 5 aromatic rings. The number of nitrogens with one attached hydrogen (secondary N) is 2. The van der Waals surface area contributed by atoms with Gasteiger partial charge >= 0.3 is 0 Å². The van der Waals surface area contributed by atoms with Crippen molar-refractivity contribution in [1.29, 1.82) is 0 Å². The van der Waals surface area contributed by atoms with Gasteiger partial charge in [0.1, 0.15) is 11.5 Å². The molecule has 0 atom stereocenters. The Labute approximate surface area is 209 Å². The van der Waals surface area contributed by atoms with E-state index in [0.717, 1.165) is 11.1 Å². The van der Waals surface area contributed by atoms with Gasteiger partial charge in [-0.2, -0.15) is 4.68 Å². The lowest BCUT2D eigenvalue weighted by Crippen LogP contribution is -2.19. The van der Waals surface area contributed by atoms with E-state index in [4.69, 9.17) is 4.42 Å². The van der Waals surface area contributed by atoms with Crippen molar-refractivity contribution in [3.05, 3.63) is 84.1 Å². The molecule has 0 bridgehead atoms. The molecule has 0 saturated heterocycles. The Balaban J connectivity index is 1.42. The van der Waals surface area contributed by atoms with Crippen molar-refractivity contribution in [2.45, 2.75) is 6.92 Å². The molecule has 10 nitrogen and oxygen atoms in total. The van der Waals surface area contributed by atoms with Crippen LogP contribution in [0.15, 0.2) is 82.8 Å². The summed E-state index contributed by atoms with van der Waals surface area (Å²) in [5.41, 5.74) is 3.14. The van der Waals surface area contributed by atoms with Gasteiger partial charge in [-0.05, 0) is 34.7 Å². The predicted molar refractivity (Wildman–Crippen MR) is 137 cm³/mol. The lowest BCUT2D eigenvalue weighted by molar-refractivity contribution is -0.114. The number of hydrogen-bond acceptors (Lipinski definition) is 8. The minimum Gasteiger partial charge on any atom is -0.465 e. The minimum absolute atomic E-state index is 0.141. The van der Waals surface area contributed by atoms with Gasteiger partial charge in [0.2, 0.25) is 5.91 Å². The van der Waals surface area contributed by atoms with Crippen molar-refractivity contribution in [2.24, 2.45) is 0 Å². The van der Waals surface area contributed by atoms with Crippen LogP contribution in [-0.2, 0) is 9.59 Å². The summed E-state index contributed by atoms with van der Waals surface area (Å²) in [5.74, 6) is 0.270. The van der Waals surface area contributed by atoms with E-state index in [2.05, 4.69) is 31.1 Å².